The van der Waals surface area contributed by atoms with Gasteiger partial charge in [-0.1, -0.05) is 29.8 Å². The number of hydrogen-bond acceptors (Lipinski definition) is 7. The van der Waals surface area contributed by atoms with Gasteiger partial charge in [-0.3, -0.25) is 13.9 Å². The van der Waals surface area contributed by atoms with Crippen molar-refractivity contribution in [3.05, 3.63) is 114 Å². The summed E-state index contributed by atoms with van der Waals surface area (Å²) in [7, 11) is -2.71. The Hall–Kier alpha value is -5.23. The van der Waals surface area contributed by atoms with Crippen LogP contribution in [-0.2, 0) is 19.6 Å². The number of anilines is 2. The van der Waals surface area contributed by atoms with Gasteiger partial charge >= 0.3 is 0 Å². The number of nitrogens with one attached hydrogen (secondary N) is 2. The first-order chi connectivity index (χ1) is 20.7. The molecule has 43 heavy (non-hydrogen) atoms. The lowest BCUT2D eigenvalue weighted by Gasteiger charge is -2.25. The number of sulfonamides is 1. The Kier molecular flexibility index (Phi) is 10.1. The van der Waals surface area contributed by atoms with Crippen LogP contribution < -0.4 is 24.5 Å². The smallest absolute Gasteiger partial charge is 0.264 e. The molecule has 0 radical (unpaired) electrons. The largest absolute Gasteiger partial charge is 0.495 e. The summed E-state index contributed by atoms with van der Waals surface area (Å²) in [5.74, 6) is -0.788. The molecular formula is C31H29FN4O6S. The summed E-state index contributed by atoms with van der Waals surface area (Å²) in [4.78, 5) is 24.9. The Morgan fingerprint density at radius 2 is 1.58 bits per heavy atom. The van der Waals surface area contributed by atoms with E-state index in [9.17, 15) is 22.4 Å². The molecule has 0 aliphatic rings. The predicted octanol–water partition coefficient (Wildman–Crippen LogP) is 4.51. The number of halogens is 1. The van der Waals surface area contributed by atoms with Gasteiger partial charge < -0.3 is 14.8 Å². The van der Waals surface area contributed by atoms with Crippen LogP contribution in [0.4, 0.5) is 15.8 Å². The maximum Gasteiger partial charge on any atom is 0.264 e. The average molecular weight is 605 g/mol. The van der Waals surface area contributed by atoms with Gasteiger partial charge in [0.25, 0.3) is 21.8 Å². The third-order valence-electron chi connectivity index (χ3n) is 6.03. The first-order valence-electron chi connectivity index (χ1n) is 13.0. The van der Waals surface area contributed by atoms with Crippen LogP contribution in [-0.4, -0.2) is 46.7 Å². The number of aryl methyl sites for hydroxylation is 1. The van der Waals surface area contributed by atoms with Crippen molar-refractivity contribution in [2.75, 3.05) is 29.9 Å². The minimum atomic E-state index is -4.13. The number of hydrazone groups is 1. The van der Waals surface area contributed by atoms with Crippen LogP contribution in [0.3, 0.4) is 0 Å². The van der Waals surface area contributed by atoms with Crippen molar-refractivity contribution in [1.29, 1.82) is 0 Å². The molecule has 10 nitrogen and oxygen atoms in total. The van der Waals surface area contributed by atoms with Crippen LogP contribution in [0.25, 0.3) is 0 Å². The van der Waals surface area contributed by atoms with E-state index < -0.39 is 34.2 Å². The summed E-state index contributed by atoms with van der Waals surface area (Å²) in [6.45, 7) is 1.03. The number of hydrogen-bond donors (Lipinski definition) is 2. The number of carbonyl (C=O) groups is 2. The summed E-state index contributed by atoms with van der Waals surface area (Å²) in [6.07, 6.45) is 1.38. The Balaban J connectivity index is 1.37. The third-order valence-corrected chi connectivity index (χ3v) is 7.80. The molecular weight excluding hydrogens is 575 g/mol. The van der Waals surface area contributed by atoms with Crippen LogP contribution in [0.2, 0.25) is 0 Å². The van der Waals surface area contributed by atoms with E-state index in [2.05, 4.69) is 15.8 Å². The number of ether oxygens (including phenoxy) is 2. The highest BCUT2D eigenvalue weighted by Crippen LogP contribution is 2.32. The van der Waals surface area contributed by atoms with Crippen LogP contribution >= 0.6 is 0 Å². The van der Waals surface area contributed by atoms with Gasteiger partial charge in [0.05, 0.1) is 23.9 Å². The summed E-state index contributed by atoms with van der Waals surface area (Å²) in [5.41, 5.74) is 4.51. The topological polar surface area (TPSA) is 126 Å². The minimum Gasteiger partial charge on any atom is -0.495 e. The number of methoxy groups -OCH3 is 1. The van der Waals surface area contributed by atoms with E-state index in [1.165, 1.54) is 49.7 Å². The van der Waals surface area contributed by atoms with E-state index >= 15 is 0 Å². The van der Waals surface area contributed by atoms with Gasteiger partial charge in [0.1, 0.15) is 23.9 Å². The molecule has 12 heteroatoms. The quantitative estimate of drug-likeness (QED) is 0.181. The molecule has 0 fully saturated rings. The molecule has 0 saturated carbocycles. The van der Waals surface area contributed by atoms with Crippen LogP contribution in [0, 0.1) is 12.7 Å². The Morgan fingerprint density at radius 3 is 2.26 bits per heavy atom. The first-order valence-corrected chi connectivity index (χ1v) is 14.4. The zero-order valence-corrected chi connectivity index (χ0v) is 24.2. The molecule has 0 atom stereocenters. The van der Waals surface area contributed by atoms with E-state index in [0.29, 0.717) is 17.0 Å². The fourth-order valence-electron chi connectivity index (χ4n) is 3.85. The number of benzene rings is 4. The molecule has 4 rings (SSSR count). The Labute approximate surface area is 248 Å². The molecule has 0 bridgehead atoms. The fraction of sp³-hybridized carbons (Fsp3) is 0.129. The number of para-hydroxylation sites is 2. The second kappa shape index (κ2) is 14.1. The van der Waals surface area contributed by atoms with Crippen LogP contribution in [0.1, 0.15) is 11.1 Å². The zero-order chi connectivity index (χ0) is 30.8. The van der Waals surface area contributed by atoms with Crippen molar-refractivity contribution < 1.29 is 31.9 Å². The van der Waals surface area contributed by atoms with Crippen molar-refractivity contribution in [3.63, 3.8) is 0 Å². The molecule has 2 N–H and O–H groups in total. The third kappa shape index (κ3) is 8.39. The number of rotatable bonds is 12. The highest BCUT2D eigenvalue weighted by atomic mass is 32.2. The van der Waals surface area contributed by atoms with Crippen LogP contribution in [0.5, 0.6) is 11.5 Å². The predicted molar refractivity (Wildman–Crippen MR) is 161 cm³/mol. The normalized spacial score (nSPS) is 11.1. The molecule has 0 spiro atoms. The zero-order valence-electron chi connectivity index (χ0n) is 23.4. The van der Waals surface area contributed by atoms with E-state index in [4.69, 9.17) is 9.47 Å². The molecule has 0 aliphatic carbocycles. The molecule has 0 saturated heterocycles. The van der Waals surface area contributed by atoms with Gasteiger partial charge in [0.15, 0.2) is 6.61 Å². The van der Waals surface area contributed by atoms with Gasteiger partial charge in [0.2, 0.25) is 0 Å². The Bertz CT molecular complexity index is 1690. The summed E-state index contributed by atoms with van der Waals surface area (Å²) < 4.78 is 51.9. The number of nitrogens with zero attached hydrogens (tertiary/aromatic N) is 2. The lowest BCUT2D eigenvalue weighted by Crippen LogP contribution is -2.39. The molecule has 4 aromatic carbocycles. The molecule has 2 amide bonds. The van der Waals surface area contributed by atoms with E-state index in [-0.39, 0.29) is 22.9 Å². The number of carbonyl (C=O) groups excluding carboxylic acids is 2. The molecule has 0 heterocycles. The van der Waals surface area contributed by atoms with Gasteiger partial charge in [-0.25, -0.2) is 18.2 Å². The molecule has 4 aromatic rings. The van der Waals surface area contributed by atoms with Crippen LogP contribution in [0.15, 0.2) is 107 Å². The molecule has 0 aliphatic heterocycles. The second-order valence-electron chi connectivity index (χ2n) is 9.20. The molecule has 0 aromatic heterocycles. The maximum atomic E-state index is 13.6. The lowest BCUT2D eigenvalue weighted by atomic mass is 10.2. The summed E-state index contributed by atoms with van der Waals surface area (Å²) in [5, 5.41) is 6.55. The van der Waals surface area contributed by atoms with E-state index in [0.717, 1.165) is 9.87 Å². The van der Waals surface area contributed by atoms with Gasteiger partial charge in [-0.15, -0.1) is 0 Å². The Morgan fingerprint density at radius 1 is 0.907 bits per heavy atom. The standard InChI is InChI=1S/C31H29FN4O6S/c1-22-7-17-27(18-8-22)43(39,40)36(28-5-3-4-6-29(28)41-2)20-30(37)35-33-19-23-9-15-26(16-10-23)42-21-31(38)34-25-13-11-24(32)12-14-25/h3-19H,20-21H2,1-2H3,(H,34,38)(H,35,37)/b33-19+. The highest BCUT2D eigenvalue weighted by Gasteiger charge is 2.29. The maximum absolute atomic E-state index is 13.6. The van der Waals surface area contributed by atoms with Gasteiger partial charge in [-0.2, -0.15) is 5.10 Å². The molecule has 222 valence electrons. The molecule has 0 unspecified atom stereocenters. The lowest BCUT2D eigenvalue weighted by molar-refractivity contribution is -0.119. The van der Waals surface area contributed by atoms with Crippen molar-refractivity contribution in [3.8, 4) is 11.5 Å². The fourth-order valence-corrected chi connectivity index (χ4v) is 5.28. The summed E-state index contributed by atoms with van der Waals surface area (Å²) in [6, 6.07) is 24.7. The van der Waals surface area contributed by atoms with Gasteiger partial charge in [-0.05, 0) is 85.3 Å². The van der Waals surface area contributed by atoms with Crippen molar-refractivity contribution in [1.82, 2.24) is 5.43 Å². The highest BCUT2D eigenvalue weighted by molar-refractivity contribution is 7.92. The number of amides is 2. The van der Waals surface area contributed by atoms with Crippen molar-refractivity contribution in [2.24, 2.45) is 5.10 Å². The summed E-state index contributed by atoms with van der Waals surface area (Å²) >= 11 is 0. The van der Waals surface area contributed by atoms with E-state index in [1.54, 1.807) is 60.7 Å². The first kappa shape index (κ1) is 30.7. The second-order valence-corrected chi connectivity index (χ2v) is 11.1. The minimum absolute atomic E-state index is 0.0237. The SMILES string of the molecule is COc1ccccc1N(CC(=O)N/N=C/c1ccc(OCC(=O)Nc2ccc(F)cc2)cc1)S(=O)(=O)c1ccc(C)cc1. The van der Waals surface area contributed by atoms with Gasteiger partial charge in [0, 0.05) is 5.69 Å². The van der Waals surface area contributed by atoms with Crippen molar-refractivity contribution in [2.45, 2.75) is 11.8 Å². The van der Waals surface area contributed by atoms with Crippen molar-refractivity contribution >= 4 is 39.4 Å². The van der Waals surface area contributed by atoms with E-state index in [1.807, 2.05) is 6.92 Å². The monoisotopic (exact) mass is 604 g/mol. The average Bonchev–Trinajstić information content (AvgIpc) is 3.01.